The lowest BCUT2D eigenvalue weighted by Crippen LogP contribution is -2.61. The molecular weight excluding hydrogens is 192 g/mol. The van der Waals surface area contributed by atoms with Gasteiger partial charge < -0.3 is 16.2 Å². The van der Waals surface area contributed by atoms with Crippen molar-refractivity contribution in [2.24, 2.45) is 11.1 Å². The summed E-state index contributed by atoms with van der Waals surface area (Å²) in [6.07, 6.45) is 0.646. The summed E-state index contributed by atoms with van der Waals surface area (Å²) in [5, 5.41) is 12.4. The molecule has 0 aromatic rings. The standard InChI is InChI=1S/C11H22N2O2/c1-10(2,12)6-9(15)13-7-5-8(14)11(7,3)4/h7-8,14H,5-6,12H2,1-4H3,(H,13,15). The van der Waals surface area contributed by atoms with Crippen LogP contribution in [0.15, 0.2) is 0 Å². The van der Waals surface area contributed by atoms with Crippen molar-refractivity contribution in [2.45, 2.75) is 58.2 Å². The zero-order valence-electron chi connectivity index (χ0n) is 10.0. The Hall–Kier alpha value is -0.610. The van der Waals surface area contributed by atoms with E-state index in [1.54, 1.807) is 0 Å². The zero-order valence-corrected chi connectivity index (χ0v) is 10.0. The molecule has 4 N–H and O–H groups in total. The first-order valence-electron chi connectivity index (χ1n) is 5.39. The minimum absolute atomic E-state index is 0.0347. The molecule has 15 heavy (non-hydrogen) atoms. The third kappa shape index (κ3) is 2.92. The number of aliphatic hydroxyl groups is 1. The van der Waals surface area contributed by atoms with E-state index < -0.39 is 5.54 Å². The maximum Gasteiger partial charge on any atom is 0.222 e. The van der Waals surface area contributed by atoms with Crippen molar-refractivity contribution in [3.05, 3.63) is 0 Å². The molecule has 0 heterocycles. The Labute approximate surface area is 91.2 Å². The van der Waals surface area contributed by atoms with Gasteiger partial charge in [0.05, 0.1) is 6.10 Å². The lowest BCUT2D eigenvalue weighted by molar-refractivity contribution is -0.130. The molecule has 1 amide bonds. The largest absolute Gasteiger partial charge is 0.392 e. The Kier molecular flexibility index (Phi) is 3.12. The summed E-state index contributed by atoms with van der Waals surface area (Å²) in [7, 11) is 0. The summed E-state index contributed by atoms with van der Waals surface area (Å²) in [6, 6.07) is 0.0716. The summed E-state index contributed by atoms with van der Waals surface area (Å²) in [4.78, 5) is 11.6. The summed E-state index contributed by atoms with van der Waals surface area (Å²) in [5.41, 5.74) is 5.07. The Morgan fingerprint density at radius 2 is 2.13 bits per heavy atom. The number of carbonyl (C=O) groups is 1. The van der Waals surface area contributed by atoms with Crippen LogP contribution in [0.25, 0.3) is 0 Å². The number of carbonyl (C=O) groups excluding carboxylic acids is 1. The number of hydrogen-bond donors (Lipinski definition) is 3. The third-order valence-electron chi connectivity index (χ3n) is 3.17. The predicted molar refractivity (Wildman–Crippen MR) is 59.2 cm³/mol. The van der Waals surface area contributed by atoms with E-state index in [4.69, 9.17) is 5.73 Å². The van der Waals surface area contributed by atoms with E-state index in [0.29, 0.717) is 12.8 Å². The molecule has 1 rings (SSSR count). The van der Waals surface area contributed by atoms with Gasteiger partial charge in [-0.25, -0.2) is 0 Å². The van der Waals surface area contributed by atoms with Gasteiger partial charge in [0.25, 0.3) is 0 Å². The van der Waals surface area contributed by atoms with Crippen molar-refractivity contribution in [2.75, 3.05) is 0 Å². The van der Waals surface area contributed by atoms with Crippen LogP contribution in [0, 0.1) is 5.41 Å². The van der Waals surface area contributed by atoms with E-state index in [-0.39, 0.29) is 23.5 Å². The Balaban J connectivity index is 2.41. The van der Waals surface area contributed by atoms with Gasteiger partial charge in [-0.05, 0) is 20.3 Å². The average Bonchev–Trinajstić information content (AvgIpc) is 2.00. The normalized spacial score (nSPS) is 29.5. The van der Waals surface area contributed by atoms with Gasteiger partial charge in [0.1, 0.15) is 0 Å². The first-order chi connectivity index (χ1) is 6.63. The van der Waals surface area contributed by atoms with Crippen LogP contribution >= 0.6 is 0 Å². The molecule has 0 saturated heterocycles. The van der Waals surface area contributed by atoms with Gasteiger partial charge in [0.2, 0.25) is 5.91 Å². The van der Waals surface area contributed by atoms with Crippen molar-refractivity contribution < 1.29 is 9.90 Å². The van der Waals surface area contributed by atoms with Gasteiger partial charge in [-0.1, -0.05) is 13.8 Å². The summed E-state index contributed by atoms with van der Waals surface area (Å²) in [5.74, 6) is -0.0347. The minimum Gasteiger partial charge on any atom is -0.392 e. The maximum absolute atomic E-state index is 11.6. The van der Waals surface area contributed by atoms with Crippen molar-refractivity contribution in [1.29, 1.82) is 0 Å². The SMILES string of the molecule is CC(C)(N)CC(=O)NC1CC(O)C1(C)C. The molecular formula is C11H22N2O2. The highest BCUT2D eigenvalue weighted by molar-refractivity contribution is 5.77. The van der Waals surface area contributed by atoms with Crippen LogP contribution < -0.4 is 11.1 Å². The number of nitrogens with two attached hydrogens (primary N) is 1. The molecule has 1 aliphatic rings. The molecule has 1 aliphatic carbocycles. The summed E-state index contributed by atoms with van der Waals surface area (Å²) in [6.45, 7) is 7.57. The monoisotopic (exact) mass is 214 g/mol. The van der Waals surface area contributed by atoms with E-state index in [1.807, 2.05) is 27.7 Å². The molecule has 1 saturated carbocycles. The molecule has 0 radical (unpaired) electrons. The van der Waals surface area contributed by atoms with Gasteiger partial charge in [0.15, 0.2) is 0 Å². The molecule has 0 bridgehead atoms. The predicted octanol–water partition coefficient (Wildman–Crippen LogP) is 0.389. The quantitative estimate of drug-likeness (QED) is 0.636. The number of amides is 1. The van der Waals surface area contributed by atoms with Gasteiger partial charge in [-0.2, -0.15) is 0 Å². The van der Waals surface area contributed by atoms with E-state index in [2.05, 4.69) is 5.32 Å². The van der Waals surface area contributed by atoms with Gasteiger partial charge >= 0.3 is 0 Å². The fourth-order valence-electron chi connectivity index (χ4n) is 1.81. The number of hydrogen-bond acceptors (Lipinski definition) is 3. The fourth-order valence-corrected chi connectivity index (χ4v) is 1.81. The number of aliphatic hydroxyl groups excluding tert-OH is 1. The summed E-state index contributed by atoms with van der Waals surface area (Å²) < 4.78 is 0. The number of rotatable bonds is 3. The highest BCUT2D eigenvalue weighted by atomic mass is 16.3. The molecule has 88 valence electrons. The highest BCUT2D eigenvalue weighted by Crippen LogP contribution is 2.40. The van der Waals surface area contributed by atoms with Gasteiger partial charge in [-0.3, -0.25) is 4.79 Å². The van der Waals surface area contributed by atoms with Crippen molar-refractivity contribution in [3.8, 4) is 0 Å². The molecule has 1 fully saturated rings. The molecule has 0 aliphatic heterocycles. The Morgan fingerprint density at radius 3 is 2.47 bits per heavy atom. The van der Waals surface area contributed by atoms with Crippen LogP contribution in [0.1, 0.15) is 40.5 Å². The van der Waals surface area contributed by atoms with E-state index in [0.717, 1.165) is 0 Å². The number of nitrogens with one attached hydrogen (secondary N) is 1. The highest BCUT2D eigenvalue weighted by Gasteiger charge is 2.47. The van der Waals surface area contributed by atoms with E-state index in [1.165, 1.54) is 0 Å². The van der Waals surface area contributed by atoms with Crippen LogP contribution in [0.5, 0.6) is 0 Å². The molecule has 4 heteroatoms. The molecule has 2 unspecified atom stereocenters. The van der Waals surface area contributed by atoms with Crippen LogP contribution in [0.3, 0.4) is 0 Å². The fraction of sp³-hybridized carbons (Fsp3) is 0.909. The second kappa shape index (κ2) is 3.76. The van der Waals surface area contributed by atoms with Crippen LogP contribution in [-0.2, 0) is 4.79 Å². The van der Waals surface area contributed by atoms with E-state index >= 15 is 0 Å². The first kappa shape index (κ1) is 12.5. The van der Waals surface area contributed by atoms with Crippen molar-refractivity contribution in [3.63, 3.8) is 0 Å². The lowest BCUT2D eigenvalue weighted by Gasteiger charge is -2.49. The van der Waals surface area contributed by atoms with Gasteiger partial charge in [0, 0.05) is 23.4 Å². The lowest BCUT2D eigenvalue weighted by atomic mass is 9.64. The molecule has 2 atom stereocenters. The second-order valence-corrected chi connectivity index (χ2v) is 5.86. The Bertz CT molecular complexity index is 256. The molecule has 0 aromatic carbocycles. The van der Waals surface area contributed by atoms with Crippen molar-refractivity contribution in [1.82, 2.24) is 5.32 Å². The molecule has 0 spiro atoms. The Morgan fingerprint density at radius 1 is 1.60 bits per heavy atom. The molecule has 0 aromatic heterocycles. The zero-order chi connectivity index (χ0) is 11.9. The topological polar surface area (TPSA) is 75.4 Å². The smallest absolute Gasteiger partial charge is 0.222 e. The molecule has 4 nitrogen and oxygen atoms in total. The third-order valence-corrected chi connectivity index (χ3v) is 3.17. The first-order valence-corrected chi connectivity index (χ1v) is 5.39. The van der Waals surface area contributed by atoms with Crippen LogP contribution in [-0.4, -0.2) is 28.7 Å². The van der Waals surface area contributed by atoms with Gasteiger partial charge in [-0.15, -0.1) is 0 Å². The summed E-state index contributed by atoms with van der Waals surface area (Å²) >= 11 is 0. The van der Waals surface area contributed by atoms with E-state index in [9.17, 15) is 9.90 Å². The maximum atomic E-state index is 11.6. The van der Waals surface area contributed by atoms with Crippen molar-refractivity contribution >= 4 is 5.91 Å². The average molecular weight is 214 g/mol. The second-order valence-electron chi connectivity index (χ2n) is 5.86. The van der Waals surface area contributed by atoms with Crippen LogP contribution in [0.4, 0.5) is 0 Å². The van der Waals surface area contributed by atoms with Crippen LogP contribution in [0.2, 0.25) is 0 Å². The minimum atomic E-state index is -0.476.